The van der Waals surface area contributed by atoms with Crippen LogP contribution >= 0.6 is 22.9 Å². The summed E-state index contributed by atoms with van der Waals surface area (Å²) < 4.78 is 6.42. The van der Waals surface area contributed by atoms with Gasteiger partial charge in [-0.25, -0.2) is 4.68 Å². The summed E-state index contributed by atoms with van der Waals surface area (Å²) in [5.41, 5.74) is 0.966. The number of methoxy groups -OCH3 is 1. The Morgan fingerprint density at radius 1 is 1.33 bits per heavy atom. The van der Waals surface area contributed by atoms with Gasteiger partial charge in [-0.3, -0.25) is 9.79 Å². The Labute approximate surface area is 149 Å². The maximum Gasteiger partial charge on any atom is 0.327 e. The molecule has 1 fully saturated rings. The Bertz CT molecular complexity index is 761. The lowest BCUT2D eigenvalue weighted by atomic mass is 9.96. The van der Waals surface area contributed by atoms with Crippen LogP contribution in [-0.2, 0) is 16.1 Å². The second kappa shape index (κ2) is 7.94. The third kappa shape index (κ3) is 4.24. The van der Waals surface area contributed by atoms with Gasteiger partial charge in [0.2, 0.25) is 4.80 Å². The van der Waals surface area contributed by atoms with Gasteiger partial charge in [-0.2, -0.15) is 5.10 Å². The molecule has 0 saturated heterocycles. The first kappa shape index (κ1) is 17.2. The molecule has 1 aliphatic carbocycles. The molecule has 0 radical (unpaired) electrons. The fourth-order valence-corrected chi connectivity index (χ4v) is 3.88. The molecule has 1 aromatic carbocycles. The molecule has 1 saturated carbocycles. The highest BCUT2D eigenvalue weighted by atomic mass is 35.5. The van der Waals surface area contributed by atoms with E-state index in [4.69, 9.17) is 21.3 Å². The van der Waals surface area contributed by atoms with Crippen LogP contribution in [0.5, 0.6) is 0 Å². The highest BCUT2D eigenvalue weighted by Crippen LogP contribution is 2.23. The lowest BCUT2D eigenvalue weighted by Gasteiger charge is -2.16. The van der Waals surface area contributed by atoms with Gasteiger partial charge in [0.1, 0.15) is 11.6 Å². The number of benzene rings is 1. The van der Waals surface area contributed by atoms with Crippen LogP contribution < -0.4 is 4.80 Å². The van der Waals surface area contributed by atoms with Gasteiger partial charge < -0.3 is 4.74 Å². The van der Waals surface area contributed by atoms with Crippen molar-refractivity contribution >= 4 is 28.9 Å². The summed E-state index contributed by atoms with van der Waals surface area (Å²) in [7, 11) is 1.38. The van der Waals surface area contributed by atoms with Gasteiger partial charge in [-0.1, -0.05) is 54.3 Å². The first-order chi connectivity index (χ1) is 11.7. The quantitative estimate of drug-likeness (QED) is 0.777. The third-order valence-electron chi connectivity index (χ3n) is 4.09. The maximum atomic E-state index is 11.7. The molecule has 1 heterocycles. The zero-order chi connectivity index (χ0) is 16.9. The topological polar surface area (TPSA) is 56.5 Å². The molecule has 2 aromatic rings. The largest absolute Gasteiger partial charge is 0.468 e. The van der Waals surface area contributed by atoms with Gasteiger partial charge >= 0.3 is 5.97 Å². The zero-order valence-electron chi connectivity index (χ0n) is 13.6. The molecule has 24 heavy (non-hydrogen) atoms. The third-order valence-corrected chi connectivity index (χ3v) is 5.35. The summed E-state index contributed by atoms with van der Waals surface area (Å²) in [4.78, 5) is 17.3. The van der Waals surface area contributed by atoms with E-state index in [0.717, 1.165) is 28.2 Å². The predicted octanol–water partition coefficient (Wildman–Crippen LogP) is 3.67. The lowest BCUT2D eigenvalue weighted by Crippen LogP contribution is -2.25. The molecule has 128 valence electrons. The molecule has 0 atom stereocenters. The van der Waals surface area contributed by atoms with Crippen molar-refractivity contribution in [1.82, 2.24) is 9.78 Å². The van der Waals surface area contributed by atoms with Crippen molar-refractivity contribution in [3.05, 3.63) is 34.1 Å². The molecule has 0 N–H and O–H groups in total. The minimum absolute atomic E-state index is 0.0755. The molecular weight excluding hydrogens is 346 g/mol. The van der Waals surface area contributed by atoms with Crippen LogP contribution in [0.3, 0.4) is 0 Å². The number of ether oxygens (including phenoxy) is 1. The average molecular weight is 366 g/mol. The number of carbonyl (C=O) groups excluding carboxylic acids is 1. The monoisotopic (exact) mass is 365 g/mol. The molecule has 5 nitrogen and oxygen atoms in total. The van der Waals surface area contributed by atoms with E-state index in [1.54, 1.807) is 4.68 Å². The van der Waals surface area contributed by atoms with Crippen molar-refractivity contribution in [3.63, 3.8) is 0 Å². The van der Waals surface area contributed by atoms with Crippen molar-refractivity contribution in [2.45, 2.75) is 44.7 Å². The number of carbonyl (C=O) groups is 1. The summed E-state index contributed by atoms with van der Waals surface area (Å²) in [5.74, 6) is -0.326. The number of esters is 1. The van der Waals surface area contributed by atoms with E-state index in [-0.39, 0.29) is 12.5 Å². The highest BCUT2D eigenvalue weighted by molar-refractivity contribution is 7.12. The number of halogens is 1. The summed E-state index contributed by atoms with van der Waals surface area (Å²) in [5, 5.41) is 6.07. The van der Waals surface area contributed by atoms with E-state index in [1.807, 2.05) is 24.3 Å². The number of hydrogen-bond donors (Lipinski definition) is 0. The number of nitrogens with zero attached hydrogens (tertiary/aromatic N) is 3. The van der Waals surface area contributed by atoms with Crippen molar-refractivity contribution in [2.24, 2.45) is 4.99 Å². The predicted molar refractivity (Wildman–Crippen MR) is 95.0 cm³/mol. The van der Waals surface area contributed by atoms with Crippen molar-refractivity contribution in [2.75, 3.05) is 7.11 Å². The van der Waals surface area contributed by atoms with Crippen LogP contribution in [0, 0.1) is 0 Å². The van der Waals surface area contributed by atoms with Gasteiger partial charge in [0, 0.05) is 10.6 Å². The Morgan fingerprint density at radius 2 is 2.04 bits per heavy atom. The molecule has 0 aliphatic heterocycles. The van der Waals surface area contributed by atoms with Gasteiger partial charge in [0.25, 0.3) is 0 Å². The van der Waals surface area contributed by atoms with E-state index in [0.29, 0.717) is 11.1 Å². The number of hydrogen-bond acceptors (Lipinski definition) is 5. The Balaban J connectivity index is 1.96. The van der Waals surface area contributed by atoms with Gasteiger partial charge in [-0.05, 0) is 25.0 Å². The molecule has 0 unspecified atom stereocenters. The van der Waals surface area contributed by atoms with Crippen LogP contribution in [0.15, 0.2) is 29.3 Å². The van der Waals surface area contributed by atoms with E-state index in [9.17, 15) is 4.79 Å². The van der Waals surface area contributed by atoms with Gasteiger partial charge in [0.05, 0.1) is 13.2 Å². The van der Waals surface area contributed by atoms with Crippen LogP contribution in [-0.4, -0.2) is 28.9 Å². The number of rotatable bonds is 4. The normalized spacial score (nSPS) is 16.3. The second-order valence-corrected chi connectivity index (χ2v) is 7.24. The SMILES string of the molecule is COC(=O)Cn1nc(-c2ccc(Cl)cc2)sc1=NC1CCCCC1. The molecule has 7 heteroatoms. The fraction of sp³-hybridized carbons (Fsp3) is 0.471. The minimum atomic E-state index is -0.326. The maximum absolute atomic E-state index is 11.7. The Kier molecular flexibility index (Phi) is 5.68. The van der Waals surface area contributed by atoms with E-state index >= 15 is 0 Å². The van der Waals surface area contributed by atoms with Gasteiger partial charge in [0.15, 0.2) is 0 Å². The molecule has 0 amide bonds. The smallest absolute Gasteiger partial charge is 0.327 e. The van der Waals surface area contributed by atoms with Gasteiger partial charge in [-0.15, -0.1) is 0 Å². The van der Waals surface area contributed by atoms with E-state index < -0.39 is 0 Å². The van der Waals surface area contributed by atoms with Crippen molar-refractivity contribution < 1.29 is 9.53 Å². The first-order valence-corrected chi connectivity index (χ1v) is 9.29. The summed E-state index contributed by atoms with van der Waals surface area (Å²) in [6, 6.07) is 7.84. The first-order valence-electron chi connectivity index (χ1n) is 8.10. The summed E-state index contributed by atoms with van der Waals surface area (Å²) in [6.45, 7) is 0.0755. The van der Waals surface area contributed by atoms with E-state index in [2.05, 4.69) is 5.10 Å². The summed E-state index contributed by atoms with van der Waals surface area (Å²) >= 11 is 7.45. The molecule has 1 aromatic heterocycles. The molecular formula is C17H20ClN3O2S. The van der Waals surface area contributed by atoms with Crippen LogP contribution in [0.4, 0.5) is 0 Å². The Morgan fingerprint density at radius 3 is 2.71 bits per heavy atom. The molecule has 3 rings (SSSR count). The lowest BCUT2D eigenvalue weighted by molar-refractivity contribution is -0.141. The van der Waals surface area contributed by atoms with E-state index in [1.165, 1.54) is 37.7 Å². The standard InChI is InChI=1S/C17H20ClN3O2S/c1-23-15(22)11-21-17(19-14-5-3-2-4-6-14)24-16(20-21)12-7-9-13(18)10-8-12/h7-10,14H,2-6,11H2,1H3. The van der Waals surface area contributed by atoms with Crippen molar-refractivity contribution in [3.8, 4) is 10.6 Å². The van der Waals surface area contributed by atoms with Crippen LogP contribution in [0.1, 0.15) is 32.1 Å². The second-order valence-electron chi connectivity index (χ2n) is 5.85. The summed E-state index contributed by atoms with van der Waals surface area (Å²) in [6.07, 6.45) is 5.92. The Hall–Kier alpha value is -1.66. The molecule has 0 spiro atoms. The number of aromatic nitrogens is 2. The van der Waals surface area contributed by atoms with Crippen LogP contribution in [0.25, 0.3) is 10.6 Å². The van der Waals surface area contributed by atoms with Crippen LogP contribution in [0.2, 0.25) is 5.02 Å². The fourth-order valence-electron chi connectivity index (χ4n) is 2.77. The average Bonchev–Trinajstić information content (AvgIpc) is 2.98. The highest BCUT2D eigenvalue weighted by Gasteiger charge is 2.15. The zero-order valence-corrected chi connectivity index (χ0v) is 15.1. The molecule has 1 aliphatic rings. The minimum Gasteiger partial charge on any atom is -0.468 e. The van der Waals surface area contributed by atoms with Crippen molar-refractivity contribution in [1.29, 1.82) is 0 Å². The molecule has 0 bridgehead atoms.